The Kier molecular flexibility index (Phi) is 9.02. The molecule has 1 amide bonds. The fourth-order valence-electron chi connectivity index (χ4n) is 4.90. The Morgan fingerprint density at radius 3 is 2.34 bits per heavy atom. The van der Waals surface area contributed by atoms with Crippen molar-refractivity contribution in [3.05, 3.63) is 65.7 Å². The summed E-state index contributed by atoms with van der Waals surface area (Å²) in [5.41, 5.74) is 2.66. The number of benzene rings is 2. The third-order valence-electron chi connectivity index (χ3n) is 7.12. The molecular formula is C27H37ClN2O4S. The molecule has 2 aromatic rings. The fourth-order valence-corrected chi connectivity index (χ4v) is 5.87. The van der Waals surface area contributed by atoms with E-state index in [0.29, 0.717) is 6.54 Å². The van der Waals surface area contributed by atoms with Crippen LogP contribution in [0, 0.1) is 0 Å². The fraction of sp³-hybridized carbons (Fsp3) is 0.519. The van der Waals surface area contributed by atoms with Crippen molar-refractivity contribution in [2.24, 2.45) is 0 Å². The molecule has 4 rings (SSSR count). The van der Waals surface area contributed by atoms with Crippen LogP contribution in [0.3, 0.4) is 0 Å². The van der Waals surface area contributed by atoms with Crippen molar-refractivity contribution in [1.82, 2.24) is 4.90 Å². The summed E-state index contributed by atoms with van der Waals surface area (Å²) in [6.07, 6.45) is 2.22. The highest BCUT2D eigenvalue weighted by molar-refractivity contribution is 7.91. The van der Waals surface area contributed by atoms with Crippen molar-refractivity contribution >= 4 is 33.8 Å². The SMILES string of the molecule is CC1OC2(CCN(CCc3cccc(CS(=O)(=O)C(C)C)c3)CC2)CN(c2ccccc2)C1=O.Cl. The molecule has 2 aliphatic rings. The van der Waals surface area contributed by atoms with Crippen LogP contribution in [0.2, 0.25) is 0 Å². The van der Waals surface area contributed by atoms with Crippen LogP contribution in [0.25, 0.3) is 0 Å². The van der Waals surface area contributed by atoms with Gasteiger partial charge in [-0.15, -0.1) is 12.4 Å². The topological polar surface area (TPSA) is 66.9 Å². The minimum atomic E-state index is -3.10. The normalized spacial score (nSPS) is 20.7. The van der Waals surface area contributed by atoms with E-state index in [4.69, 9.17) is 4.74 Å². The Morgan fingerprint density at radius 2 is 1.69 bits per heavy atom. The maximum atomic E-state index is 12.8. The van der Waals surface area contributed by atoms with Crippen LogP contribution in [0.5, 0.6) is 0 Å². The molecule has 0 aliphatic carbocycles. The van der Waals surface area contributed by atoms with E-state index in [1.54, 1.807) is 13.8 Å². The third kappa shape index (κ3) is 6.64. The molecule has 0 radical (unpaired) electrons. The lowest BCUT2D eigenvalue weighted by Crippen LogP contribution is -2.61. The van der Waals surface area contributed by atoms with Crippen molar-refractivity contribution < 1.29 is 17.9 Å². The van der Waals surface area contributed by atoms with Gasteiger partial charge in [0.2, 0.25) is 0 Å². The molecule has 0 N–H and O–H groups in total. The second-order valence-electron chi connectivity index (χ2n) is 9.97. The van der Waals surface area contributed by atoms with Gasteiger partial charge in [-0.25, -0.2) is 8.42 Å². The Hall–Kier alpha value is -1.93. The number of carbonyl (C=O) groups is 1. The van der Waals surface area contributed by atoms with Gasteiger partial charge in [0.25, 0.3) is 5.91 Å². The molecule has 2 aliphatic heterocycles. The van der Waals surface area contributed by atoms with Crippen LogP contribution < -0.4 is 4.90 Å². The van der Waals surface area contributed by atoms with Crippen LogP contribution in [0.15, 0.2) is 54.6 Å². The smallest absolute Gasteiger partial charge is 0.255 e. The predicted molar refractivity (Wildman–Crippen MR) is 143 cm³/mol. The van der Waals surface area contributed by atoms with Crippen molar-refractivity contribution in [2.45, 2.75) is 62.7 Å². The number of hydrogen-bond donors (Lipinski definition) is 0. The van der Waals surface area contributed by atoms with Gasteiger partial charge in [-0.3, -0.25) is 4.79 Å². The van der Waals surface area contributed by atoms with Gasteiger partial charge in [0.05, 0.1) is 23.1 Å². The first-order valence-corrected chi connectivity index (χ1v) is 13.9. The average Bonchev–Trinajstić information content (AvgIpc) is 2.82. The van der Waals surface area contributed by atoms with Crippen molar-refractivity contribution in [1.29, 1.82) is 0 Å². The molecule has 6 nitrogen and oxygen atoms in total. The van der Waals surface area contributed by atoms with Gasteiger partial charge in [0.15, 0.2) is 9.84 Å². The number of halogens is 1. The highest BCUT2D eigenvalue weighted by Gasteiger charge is 2.45. The van der Waals surface area contributed by atoms with Crippen molar-refractivity contribution in [2.75, 3.05) is 31.1 Å². The minimum absolute atomic E-state index is 0. The van der Waals surface area contributed by atoms with E-state index in [0.717, 1.165) is 50.1 Å². The summed E-state index contributed by atoms with van der Waals surface area (Å²) < 4.78 is 30.8. The van der Waals surface area contributed by atoms with E-state index < -0.39 is 15.9 Å². The monoisotopic (exact) mass is 520 g/mol. The Morgan fingerprint density at radius 1 is 1.03 bits per heavy atom. The Bertz CT molecular complexity index is 1100. The second kappa shape index (κ2) is 11.4. The number of piperidine rings is 1. The summed E-state index contributed by atoms with van der Waals surface area (Å²) in [6.45, 7) is 8.68. The lowest BCUT2D eigenvalue weighted by Gasteiger charge is -2.49. The molecule has 2 fully saturated rings. The van der Waals surface area contributed by atoms with E-state index in [-0.39, 0.29) is 34.9 Å². The molecule has 8 heteroatoms. The molecule has 1 unspecified atom stereocenters. The first-order chi connectivity index (χ1) is 16.2. The molecule has 0 aromatic heterocycles. The van der Waals surface area contributed by atoms with E-state index in [1.807, 2.05) is 60.4 Å². The van der Waals surface area contributed by atoms with E-state index in [1.165, 1.54) is 5.56 Å². The number of amides is 1. The quantitative estimate of drug-likeness (QED) is 0.545. The maximum Gasteiger partial charge on any atom is 0.255 e. The zero-order chi connectivity index (χ0) is 24.3. The van der Waals surface area contributed by atoms with Gasteiger partial charge in [-0.1, -0.05) is 42.5 Å². The molecule has 0 saturated carbocycles. The number of anilines is 1. The number of hydrogen-bond acceptors (Lipinski definition) is 5. The number of likely N-dealkylation sites (tertiary alicyclic amines) is 1. The number of nitrogens with zero attached hydrogens (tertiary/aromatic N) is 2. The van der Waals surface area contributed by atoms with E-state index in [9.17, 15) is 13.2 Å². The van der Waals surface area contributed by atoms with Gasteiger partial charge < -0.3 is 14.5 Å². The number of rotatable bonds is 7. The molecule has 192 valence electrons. The summed E-state index contributed by atoms with van der Waals surface area (Å²) in [4.78, 5) is 17.1. The summed E-state index contributed by atoms with van der Waals surface area (Å²) in [5.74, 6) is 0.121. The summed E-state index contributed by atoms with van der Waals surface area (Å²) in [6, 6.07) is 17.8. The Labute approximate surface area is 216 Å². The number of morpholine rings is 1. The summed E-state index contributed by atoms with van der Waals surface area (Å²) >= 11 is 0. The zero-order valence-corrected chi connectivity index (χ0v) is 22.5. The Balaban J connectivity index is 0.00000342. The number of ether oxygens (including phenoxy) is 1. The zero-order valence-electron chi connectivity index (χ0n) is 20.9. The molecular weight excluding hydrogens is 484 g/mol. The van der Waals surface area contributed by atoms with Gasteiger partial charge in [-0.05, 0) is 63.3 Å². The molecule has 1 atom stereocenters. The third-order valence-corrected chi connectivity index (χ3v) is 9.29. The van der Waals surface area contributed by atoms with Gasteiger partial charge in [0, 0.05) is 25.3 Å². The highest BCUT2D eigenvalue weighted by atomic mass is 35.5. The molecule has 0 bridgehead atoms. The van der Waals surface area contributed by atoms with Crippen LogP contribution in [0.1, 0.15) is 44.7 Å². The van der Waals surface area contributed by atoms with Gasteiger partial charge in [0.1, 0.15) is 6.10 Å². The highest BCUT2D eigenvalue weighted by Crippen LogP contribution is 2.35. The van der Waals surface area contributed by atoms with Crippen molar-refractivity contribution in [3.8, 4) is 0 Å². The first kappa shape index (κ1) is 27.7. The largest absolute Gasteiger partial charge is 0.360 e. The average molecular weight is 521 g/mol. The lowest BCUT2D eigenvalue weighted by atomic mass is 9.88. The van der Waals surface area contributed by atoms with Gasteiger partial charge >= 0.3 is 0 Å². The summed E-state index contributed by atoms with van der Waals surface area (Å²) in [7, 11) is -3.10. The molecule has 35 heavy (non-hydrogen) atoms. The summed E-state index contributed by atoms with van der Waals surface area (Å²) in [5, 5.41) is -0.366. The van der Waals surface area contributed by atoms with E-state index in [2.05, 4.69) is 11.0 Å². The van der Waals surface area contributed by atoms with Gasteiger partial charge in [-0.2, -0.15) is 0 Å². The second-order valence-corrected chi connectivity index (χ2v) is 12.5. The molecule has 2 saturated heterocycles. The number of para-hydroxylation sites is 1. The van der Waals surface area contributed by atoms with Crippen molar-refractivity contribution in [3.63, 3.8) is 0 Å². The molecule has 2 aromatic carbocycles. The standard InChI is InChI=1S/C27H36N2O4S.ClH/c1-21(2)34(31,32)19-24-9-7-8-23(18-24)12-15-28-16-13-27(14-17-28)20-29(26(30)22(3)33-27)25-10-5-4-6-11-25;/h4-11,18,21-22H,12-17,19-20H2,1-3H3;1H. The van der Waals surface area contributed by atoms with Crippen LogP contribution >= 0.6 is 12.4 Å². The number of carbonyl (C=O) groups excluding carboxylic acids is 1. The minimum Gasteiger partial charge on any atom is -0.360 e. The molecule has 2 heterocycles. The van der Waals surface area contributed by atoms with E-state index >= 15 is 0 Å². The lowest BCUT2D eigenvalue weighted by molar-refractivity contribution is -0.161. The maximum absolute atomic E-state index is 12.8. The predicted octanol–water partition coefficient (Wildman–Crippen LogP) is 4.26. The molecule has 1 spiro atoms. The van der Waals surface area contributed by atoms with Crippen LogP contribution in [0.4, 0.5) is 5.69 Å². The van der Waals surface area contributed by atoms with Crippen LogP contribution in [-0.4, -0.2) is 62.4 Å². The van der Waals surface area contributed by atoms with Crippen LogP contribution in [-0.2, 0) is 31.5 Å². The number of sulfone groups is 1. The first-order valence-electron chi connectivity index (χ1n) is 12.2.